The lowest BCUT2D eigenvalue weighted by molar-refractivity contribution is -0.119. The molecule has 2 aromatic rings. The Bertz CT molecular complexity index is 814. The van der Waals surface area contributed by atoms with Gasteiger partial charge in [-0.15, -0.1) is 10.2 Å². The fraction of sp³-hybridized carbons (Fsp3) is 0.579. The maximum atomic E-state index is 12.3. The second kappa shape index (κ2) is 9.82. The molecule has 10 heteroatoms. The maximum absolute atomic E-state index is 12.3. The van der Waals surface area contributed by atoms with Crippen molar-refractivity contribution in [2.45, 2.75) is 50.6 Å². The SMILES string of the molecule is CCNC(=O)NC(=O)[C@@H](C)Sc1nnc(N2CCC(C)CC2)n1Cc1ccco1. The van der Waals surface area contributed by atoms with Crippen molar-refractivity contribution in [1.82, 2.24) is 25.4 Å². The number of rotatable bonds is 7. The summed E-state index contributed by atoms with van der Waals surface area (Å²) in [5.41, 5.74) is 0. The molecule has 3 heterocycles. The Hall–Kier alpha value is -2.49. The molecule has 0 radical (unpaired) electrons. The number of thioether (sulfide) groups is 1. The number of hydrogen-bond acceptors (Lipinski definition) is 7. The zero-order chi connectivity index (χ0) is 20.8. The lowest BCUT2D eigenvalue weighted by atomic mass is 10.00. The summed E-state index contributed by atoms with van der Waals surface area (Å²) in [6.07, 6.45) is 3.86. The third-order valence-corrected chi connectivity index (χ3v) is 5.96. The van der Waals surface area contributed by atoms with Crippen LogP contribution in [-0.2, 0) is 11.3 Å². The average Bonchev–Trinajstić information content (AvgIpc) is 3.34. The standard InChI is InChI=1S/C19H28N6O3S/c1-4-20-17(27)21-16(26)14(3)29-19-23-22-18(24-9-7-13(2)8-10-24)25(19)12-15-6-5-11-28-15/h5-6,11,13-14H,4,7-10,12H2,1-3H3,(H2,20,21,26,27)/t14-/m1/s1. The molecule has 3 amide bonds. The van der Waals surface area contributed by atoms with Crippen molar-refractivity contribution in [2.75, 3.05) is 24.5 Å². The summed E-state index contributed by atoms with van der Waals surface area (Å²) < 4.78 is 7.50. The molecule has 1 atom stereocenters. The number of carbonyl (C=O) groups is 2. The highest BCUT2D eigenvalue weighted by molar-refractivity contribution is 8.00. The highest BCUT2D eigenvalue weighted by Crippen LogP contribution is 2.29. The molecule has 2 N–H and O–H groups in total. The first-order valence-electron chi connectivity index (χ1n) is 9.93. The van der Waals surface area contributed by atoms with E-state index in [1.54, 1.807) is 20.1 Å². The van der Waals surface area contributed by atoms with Crippen LogP contribution in [0.25, 0.3) is 0 Å². The molecule has 0 unspecified atom stereocenters. The zero-order valence-corrected chi connectivity index (χ0v) is 17.9. The third kappa shape index (κ3) is 5.53. The lowest BCUT2D eigenvalue weighted by Gasteiger charge is -2.31. The number of hydrogen-bond donors (Lipinski definition) is 2. The molecule has 1 saturated heterocycles. The fourth-order valence-electron chi connectivity index (χ4n) is 3.14. The van der Waals surface area contributed by atoms with E-state index in [4.69, 9.17) is 4.42 Å². The quantitative estimate of drug-likeness (QED) is 0.663. The van der Waals surface area contributed by atoms with Gasteiger partial charge in [0, 0.05) is 19.6 Å². The summed E-state index contributed by atoms with van der Waals surface area (Å²) >= 11 is 1.27. The van der Waals surface area contributed by atoms with Crippen molar-refractivity contribution in [3.63, 3.8) is 0 Å². The van der Waals surface area contributed by atoms with Gasteiger partial charge in [-0.1, -0.05) is 18.7 Å². The summed E-state index contributed by atoms with van der Waals surface area (Å²) in [4.78, 5) is 26.2. The summed E-state index contributed by atoms with van der Waals surface area (Å²) in [5.74, 6) is 1.91. The van der Waals surface area contributed by atoms with Crippen LogP contribution in [-0.4, -0.2) is 51.6 Å². The first kappa shape index (κ1) is 21.2. The van der Waals surface area contributed by atoms with Gasteiger partial charge in [0.25, 0.3) is 0 Å². The number of nitrogens with zero attached hydrogens (tertiary/aromatic N) is 4. The Balaban J connectivity index is 1.76. The number of amides is 3. The highest BCUT2D eigenvalue weighted by atomic mass is 32.2. The van der Waals surface area contributed by atoms with Crippen molar-refractivity contribution in [2.24, 2.45) is 5.92 Å². The van der Waals surface area contributed by atoms with E-state index in [9.17, 15) is 9.59 Å². The van der Waals surface area contributed by atoms with Gasteiger partial charge in [0.2, 0.25) is 11.9 Å². The van der Waals surface area contributed by atoms with Crippen molar-refractivity contribution >= 4 is 29.6 Å². The molecular formula is C19H28N6O3S. The lowest BCUT2D eigenvalue weighted by Crippen LogP contribution is -2.42. The molecule has 158 valence electrons. The minimum atomic E-state index is -0.508. The molecule has 1 fully saturated rings. The molecule has 29 heavy (non-hydrogen) atoms. The molecule has 3 rings (SSSR count). The smallest absolute Gasteiger partial charge is 0.321 e. The number of aromatic nitrogens is 3. The van der Waals surface area contributed by atoms with Gasteiger partial charge in [-0.05, 0) is 44.7 Å². The number of furan rings is 1. The van der Waals surface area contributed by atoms with Crippen LogP contribution < -0.4 is 15.5 Å². The van der Waals surface area contributed by atoms with Crippen LogP contribution >= 0.6 is 11.8 Å². The predicted molar refractivity (Wildman–Crippen MR) is 111 cm³/mol. The number of nitrogens with one attached hydrogen (secondary N) is 2. The first-order chi connectivity index (χ1) is 14.0. The minimum Gasteiger partial charge on any atom is -0.467 e. The van der Waals surface area contributed by atoms with Crippen molar-refractivity contribution in [3.8, 4) is 0 Å². The van der Waals surface area contributed by atoms with E-state index in [1.807, 2.05) is 16.7 Å². The molecule has 0 aliphatic carbocycles. The van der Waals surface area contributed by atoms with Gasteiger partial charge in [-0.3, -0.25) is 14.7 Å². The van der Waals surface area contributed by atoms with Crippen LogP contribution in [0.4, 0.5) is 10.7 Å². The Labute approximate surface area is 174 Å². The summed E-state index contributed by atoms with van der Waals surface area (Å²) in [5, 5.41) is 13.8. The predicted octanol–water partition coefficient (Wildman–Crippen LogP) is 2.48. The van der Waals surface area contributed by atoms with Gasteiger partial charge in [0.05, 0.1) is 18.1 Å². The van der Waals surface area contributed by atoms with Crippen LogP contribution in [0.2, 0.25) is 0 Å². The molecule has 2 aromatic heterocycles. The van der Waals surface area contributed by atoms with Crippen LogP contribution in [0.1, 0.15) is 39.4 Å². The summed E-state index contributed by atoms with van der Waals surface area (Å²) in [7, 11) is 0. The van der Waals surface area contributed by atoms with Gasteiger partial charge < -0.3 is 14.6 Å². The van der Waals surface area contributed by atoms with Gasteiger partial charge in [0.15, 0.2) is 5.16 Å². The Morgan fingerprint density at radius 2 is 2.10 bits per heavy atom. The van der Waals surface area contributed by atoms with E-state index in [0.29, 0.717) is 24.2 Å². The normalized spacial score (nSPS) is 15.9. The van der Waals surface area contributed by atoms with Crippen molar-refractivity contribution in [3.05, 3.63) is 24.2 Å². The number of carbonyl (C=O) groups excluding carboxylic acids is 2. The minimum absolute atomic E-state index is 0.373. The number of anilines is 1. The van der Waals surface area contributed by atoms with Crippen LogP contribution in [0.5, 0.6) is 0 Å². The molecule has 1 aliphatic rings. The van der Waals surface area contributed by atoms with E-state index < -0.39 is 11.3 Å². The molecule has 0 aromatic carbocycles. The Morgan fingerprint density at radius 3 is 2.76 bits per heavy atom. The molecular weight excluding hydrogens is 392 g/mol. The van der Waals surface area contributed by atoms with Crippen molar-refractivity contribution < 1.29 is 14.0 Å². The zero-order valence-electron chi connectivity index (χ0n) is 17.1. The second-order valence-corrected chi connectivity index (χ2v) is 8.53. The number of imide groups is 1. The highest BCUT2D eigenvalue weighted by Gasteiger charge is 2.26. The van der Waals surface area contributed by atoms with E-state index >= 15 is 0 Å². The van der Waals surface area contributed by atoms with Gasteiger partial charge in [0.1, 0.15) is 5.76 Å². The summed E-state index contributed by atoms with van der Waals surface area (Å²) in [6, 6.07) is 3.25. The van der Waals surface area contributed by atoms with Gasteiger partial charge in [-0.2, -0.15) is 0 Å². The molecule has 0 spiro atoms. The third-order valence-electron chi connectivity index (χ3n) is 4.88. The molecule has 0 saturated carbocycles. The van der Waals surface area contributed by atoms with E-state index in [2.05, 4.69) is 32.7 Å². The Morgan fingerprint density at radius 1 is 1.34 bits per heavy atom. The molecule has 0 bridgehead atoms. The van der Waals surface area contributed by atoms with Crippen LogP contribution in [0.15, 0.2) is 28.0 Å². The van der Waals surface area contributed by atoms with Crippen LogP contribution in [0.3, 0.4) is 0 Å². The molecule has 9 nitrogen and oxygen atoms in total. The number of piperidine rings is 1. The van der Waals surface area contributed by atoms with Crippen molar-refractivity contribution in [1.29, 1.82) is 0 Å². The monoisotopic (exact) mass is 420 g/mol. The summed E-state index contributed by atoms with van der Waals surface area (Å²) in [6.45, 7) is 8.59. The van der Waals surface area contributed by atoms with Gasteiger partial charge >= 0.3 is 6.03 Å². The Kier molecular flexibility index (Phi) is 7.18. The number of urea groups is 1. The topological polar surface area (TPSA) is 105 Å². The largest absolute Gasteiger partial charge is 0.467 e. The average molecular weight is 421 g/mol. The van der Waals surface area contributed by atoms with Crippen LogP contribution in [0, 0.1) is 5.92 Å². The van der Waals surface area contributed by atoms with E-state index in [-0.39, 0.29) is 5.91 Å². The fourth-order valence-corrected chi connectivity index (χ4v) is 3.98. The van der Waals surface area contributed by atoms with E-state index in [1.165, 1.54) is 11.8 Å². The maximum Gasteiger partial charge on any atom is 0.321 e. The second-order valence-electron chi connectivity index (χ2n) is 7.23. The first-order valence-corrected chi connectivity index (χ1v) is 10.8. The van der Waals surface area contributed by atoms with E-state index in [0.717, 1.165) is 37.6 Å². The van der Waals surface area contributed by atoms with Gasteiger partial charge in [-0.25, -0.2) is 4.79 Å². The molecule has 1 aliphatic heterocycles.